The predicted molar refractivity (Wildman–Crippen MR) is 117 cm³/mol. The van der Waals surface area contributed by atoms with Crippen molar-refractivity contribution in [3.63, 3.8) is 0 Å². The molecule has 1 aromatic carbocycles. The van der Waals surface area contributed by atoms with E-state index in [1.807, 2.05) is 36.5 Å². The number of carbonyl (C=O) groups excluding carboxylic acids is 1. The van der Waals surface area contributed by atoms with Crippen LogP contribution in [0.2, 0.25) is 0 Å². The van der Waals surface area contributed by atoms with Crippen molar-refractivity contribution in [2.24, 2.45) is 0 Å². The third kappa shape index (κ3) is 3.98. The summed E-state index contributed by atoms with van der Waals surface area (Å²) in [6.07, 6.45) is 1.87. The number of hydrogen-bond acceptors (Lipinski definition) is 5. The molecule has 0 aliphatic heterocycles. The van der Waals surface area contributed by atoms with Crippen LogP contribution in [-0.4, -0.2) is 26.6 Å². The minimum absolute atomic E-state index is 0.0856. The molecule has 28 heavy (non-hydrogen) atoms. The number of nitrogens with zero attached hydrogens (tertiary/aromatic N) is 1. The number of thiophene rings is 1. The van der Waals surface area contributed by atoms with Crippen LogP contribution in [0.25, 0.3) is 21.1 Å². The zero-order chi connectivity index (χ0) is 19.7. The summed E-state index contributed by atoms with van der Waals surface area (Å²) in [4.78, 5) is 36.9. The van der Waals surface area contributed by atoms with E-state index in [1.165, 1.54) is 11.8 Å². The van der Waals surface area contributed by atoms with Crippen molar-refractivity contribution in [1.82, 2.24) is 15.0 Å². The van der Waals surface area contributed by atoms with Gasteiger partial charge in [0, 0.05) is 22.3 Å². The van der Waals surface area contributed by atoms with Crippen LogP contribution < -0.4 is 10.9 Å². The van der Waals surface area contributed by atoms with Gasteiger partial charge < -0.3 is 15.3 Å². The monoisotopic (exact) mass is 412 g/mol. The Morgan fingerprint density at radius 3 is 2.96 bits per heavy atom. The van der Waals surface area contributed by atoms with Gasteiger partial charge in [-0.3, -0.25) is 9.59 Å². The molecule has 0 aliphatic carbocycles. The third-order valence-corrected chi connectivity index (χ3v) is 6.62. The van der Waals surface area contributed by atoms with E-state index < -0.39 is 0 Å². The summed E-state index contributed by atoms with van der Waals surface area (Å²) in [6, 6.07) is 9.66. The second-order valence-electron chi connectivity index (χ2n) is 6.86. The lowest BCUT2D eigenvalue weighted by Crippen LogP contribution is -2.15. The largest absolute Gasteiger partial charge is 0.361 e. The van der Waals surface area contributed by atoms with Crippen LogP contribution >= 0.6 is 23.1 Å². The first-order valence-corrected chi connectivity index (χ1v) is 10.9. The Kier molecular flexibility index (Phi) is 5.23. The number of amides is 1. The fraction of sp³-hybridized carbons (Fsp3) is 0.250. The Hall–Kier alpha value is -2.58. The summed E-state index contributed by atoms with van der Waals surface area (Å²) in [5.74, 6) is 1.64. The van der Waals surface area contributed by atoms with Crippen molar-refractivity contribution < 1.29 is 4.79 Å². The first-order chi connectivity index (χ1) is 13.5. The molecule has 3 N–H and O–H groups in total. The highest BCUT2D eigenvalue weighted by atomic mass is 32.2. The number of H-pyrrole nitrogens is 2. The van der Waals surface area contributed by atoms with Crippen molar-refractivity contribution >= 4 is 55.8 Å². The summed E-state index contributed by atoms with van der Waals surface area (Å²) in [7, 11) is 0. The van der Waals surface area contributed by atoms with Gasteiger partial charge in [-0.05, 0) is 35.6 Å². The summed E-state index contributed by atoms with van der Waals surface area (Å²) >= 11 is 2.98. The third-order valence-electron chi connectivity index (χ3n) is 4.35. The van der Waals surface area contributed by atoms with Gasteiger partial charge >= 0.3 is 0 Å². The number of thioether (sulfide) groups is 1. The molecular formula is C20H20N4O2S2. The second kappa shape index (κ2) is 7.81. The molecule has 0 fully saturated rings. The highest BCUT2D eigenvalue weighted by Crippen LogP contribution is 2.27. The maximum absolute atomic E-state index is 12.3. The van der Waals surface area contributed by atoms with Crippen LogP contribution in [0.15, 0.2) is 41.3 Å². The Balaban J connectivity index is 1.37. The number of carbonyl (C=O) groups is 1. The van der Waals surface area contributed by atoms with E-state index in [2.05, 4.69) is 34.1 Å². The lowest BCUT2D eigenvalue weighted by atomic mass is 10.2. The highest BCUT2D eigenvalue weighted by molar-refractivity contribution is 7.99. The van der Waals surface area contributed by atoms with E-state index in [0.29, 0.717) is 22.9 Å². The van der Waals surface area contributed by atoms with E-state index in [9.17, 15) is 9.59 Å². The van der Waals surface area contributed by atoms with Crippen molar-refractivity contribution in [1.29, 1.82) is 0 Å². The molecule has 6 nitrogen and oxygen atoms in total. The van der Waals surface area contributed by atoms with Crippen molar-refractivity contribution in [2.45, 2.75) is 25.5 Å². The number of aromatic amines is 2. The normalized spacial score (nSPS) is 11.5. The Bertz CT molecular complexity index is 1210. The van der Waals surface area contributed by atoms with Gasteiger partial charge in [-0.15, -0.1) is 23.1 Å². The lowest BCUT2D eigenvalue weighted by Gasteiger charge is -2.05. The highest BCUT2D eigenvalue weighted by Gasteiger charge is 2.11. The Labute approximate surface area is 169 Å². The molecule has 3 aromatic heterocycles. The summed E-state index contributed by atoms with van der Waals surface area (Å²) in [5, 5.41) is 4.64. The molecule has 0 saturated heterocycles. The number of aromatic nitrogens is 3. The quantitative estimate of drug-likeness (QED) is 0.436. The Morgan fingerprint density at radius 1 is 1.29 bits per heavy atom. The summed E-state index contributed by atoms with van der Waals surface area (Å²) < 4.78 is 0. The predicted octanol–water partition coefficient (Wildman–Crippen LogP) is 4.46. The van der Waals surface area contributed by atoms with Gasteiger partial charge in [0.15, 0.2) is 0 Å². The standard InChI is InChI=1S/C20H20N4O2S2/c1-11(2)16-8-14-19(26)23-17(24-20(14)28-16)9-27-10-18(25)22-13-4-3-12-5-6-21-15(12)7-13/h3-8,11,21H,9-10H2,1-2H3,(H,22,25)(H,23,24,26). The number of rotatable bonds is 6. The van der Waals surface area contributed by atoms with Crippen LogP contribution in [-0.2, 0) is 10.5 Å². The Morgan fingerprint density at radius 2 is 2.14 bits per heavy atom. The molecule has 0 saturated carbocycles. The number of hydrogen-bond donors (Lipinski definition) is 3. The molecule has 0 spiro atoms. The van der Waals surface area contributed by atoms with Crippen molar-refractivity contribution in [3.8, 4) is 0 Å². The zero-order valence-corrected chi connectivity index (χ0v) is 17.2. The molecule has 0 atom stereocenters. The number of benzene rings is 1. The first kappa shape index (κ1) is 18.8. The van der Waals surface area contributed by atoms with Gasteiger partial charge in [0.1, 0.15) is 10.7 Å². The summed E-state index contributed by atoms with van der Waals surface area (Å²) in [6.45, 7) is 4.20. The van der Waals surface area contributed by atoms with Crippen LogP contribution in [0.4, 0.5) is 5.69 Å². The fourth-order valence-electron chi connectivity index (χ4n) is 2.91. The van der Waals surface area contributed by atoms with Crippen LogP contribution in [0.3, 0.4) is 0 Å². The van der Waals surface area contributed by atoms with Crippen molar-refractivity contribution in [3.05, 3.63) is 57.6 Å². The smallest absolute Gasteiger partial charge is 0.259 e. The maximum Gasteiger partial charge on any atom is 0.259 e. The molecule has 1 amide bonds. The molecule has 0 aliphatic rings. The molecule has 0 bridgehead atoms. The molecule has 144 valence electrons. The van der Waals surface area contributed by atoms with Gasteiger partial charge in [-0.2, -0.15) is 0 Å². The molecule has 4 rings (SSSR count). The van der Waals surface area contributed by atoms with Crippen LogP contribution in [0.5, 0.6) is 0 Å². The van der Waals surface area contributed by atoms with Crippen molar-refractivity contribution in [2.75, 3.05) is 11.1 Å². The SMILES string of the molecule is CC(C)c1cc2c(=O)[nH]c(CSCC(=O)Nc3ccc4cc[nH]c4c3)nc2s1. The molecule has 8 heteroatoms. The van der Waals surface area contributed by atoms with Gasteiger partial charge in [-0.1, -0.05) is 19.9 Å². The zero-order valence-electron chi connectivity index (χ0n) is 15.5. The van der Waals surface area contributed by atoms with E-state index in [1.54, 1.807) is 11.3 Å². The lowest BCUT2D eigenvalue weighted by molar-refractivity contribution is -0.113. The van der Waals surface area contributed by atoms with Crippen LogP contribution in [0.1, 0.15) is 30.5 Å². The van der Waals surface area contributed by atoms with Crippen LogP contribution in [0, 0.1) is 0 Å². The molecule has 0 radical (unpaired) electrons. The number of nitrogens with one attached hydrogen (secondary N) is 3. The van der Waals surface area contributed by atoms with E-state index in [0.717, 1.165) is 26.3 Å². The van der Waals surface area contributed by atoms with E-state index in [4.69, 9.17) is 0 Å². The topological polar surface area (TPSA) is 90.6 Å². The molecule has 4 aromatic rings. The van der Waals surface area contributed by atoms with Gasteiger partial charge in [0.05, 0.1) is 16.9 Å². The average Bonchev–Trinajstić information content (AvgIpc) is 3.28. The second-order valence-corrected chi connectivity index (χ2v) is 8.90. The van der Waals surface area contributed by atoms with E-state index in [-0.39, 0.29) is 17.2 Å². The molecule has 3 heterocycles. The minimum Gasteiger partial charge on any atom is -0.361 e. The maximum atomic E-state index is 12.3. The number of fused-ring (bicyclic) bond motifs is 2. The van der Waals surface area contributed by atoms with E-state index >= 15 is 0 Å². The first-order valence-electron chi connectivity index (χ1n) is 8.97. The molecule has 0 unspecified atom stereocenters. The van der Waals surface area contributed by atoms with Gasteiger partial charge in [-0.25, -0.2) is 4.98 Å². The summed E-state index contributed by atoms with van der Waals surface area (Å²) in [5.41, 5.74) is 1.62. The number of anilines is 1. The minimum atomic E-state index is -0.118. The fourth-order valence-corrected chi connectivity index (χ4v) is 4.65. The van der Waals surface area contributed by atoms with Gasteiger partial charge in [0.2, 0.25) is 5.91 Å². The van der Waals surface area contributed by atoms with Gasteiger partial charge in [0.25, 0.3) is 5.56 Å². The molecular weight excluding hydrogens is 392 g/mol. The average molecular weight is 413 g/mol.